The van der Waals surface area contributed by atoms with Crippen molar-refractivity contribution in [2.24, 2.45) is 0 Å². The van der Waals surface area contributed by atoms with Gasteiger partial charge in [0.25, 0.3) is 0 Å². The fourth-order valence-electron chi connectivity index (χ4n) is 2.10. The van der Waals surface area contributed by atoms with E-state index in [0.717, 1.165) is 16.3 Å². The highest BCUT2D eigenvalue weighted by Crippen LogP contribution is 2.27. The third kappa shape index (κ3) is 1.52. The van der Waals surface area contributed by atoms with E-state index in [9.17, 15) is 15.0 Å². The minimum Gasteiger partial charge on any atom is -0.508 e. The lowest BCUT2D eigenvalue weighted by Gasteiger charge is -2.14. The number of phenolic OH excluding ortho intramolecular Hbond substituents is 1. The predicted octanol–water partition coefficient (Wildman–Crippen LogP) is 2.12. The molecule has 0 fully saturated rings. The van der Waals surface area contributed by atoms with Crippen molar-refractivity contribution in [1.82, 2.24) is 0 Å². The van der Waals surface area contributed by atoms with Crippen LogP contribution in [0.1, 0.15) is 15.9 Å². The third-order valence-electron chi connectivity index (χ3n) is 2.98. The summed E-state index contributed by atoms with van der Waals surface area (Å²) in [4.78, 5) is 11.8. The first-order chi connectivity index (χ1) is 8.15. The highest BCUT2D eigenvalue weighted by atomic mass is 16.3. The van der Waals surface area contributed by atoms with Gasteiger partial charge >= 0.3 is 0 Å². The van der Waals surface area contributed by atoms with E-state index in [1.165, 1.54) is 6.08 Å². The van der Waals surface area contributed by atoms with E-state index >= 15 is 0 Å². The number of carbonyl (C=O) groups is 1. The molecule has 0 saturated heterocycles. The Morgan fingerprint density at radius 1 is 1.06 bits per heavy atom. The lowest BCUT2D eigenvalue weighted by atomic mass is 9.91. The average Bonchev–Trinajstić information content (AvgIpc) is 2.32. The van der Waals surface area contributed by atoms with Crippen molar-refractivity contribution in [3.63, 3.8) is 0 Å². The molecule has 0 heterocycles. The van der Waals surface area contributed by atoms with Crippen LogP contribution < -0.4 is 0 Å². The van der Waals surface area contributed by atoms with Crippen molar-refractivity contribution >= 4 is 22.6 Å². The van der Waals surface area contributed by atoms with Crippen molar-refractivity contribution in [2.75, 3.05) is 0 Å². The maximum atomic E-state index is 11.8. The number of aliphatic hydroxyl groups is 1. The van der Waals surface area contributed by atoms with Crippen LogP contribution in [0.25, 0.3) is 16.8 Å². The van der Waals surface area contributed by atoms with E-state index in [0.29, 0.717) is 5.56 Å². The van der Waals surface area contributed by atoms with Gasteiger partial charge in [-0.05, 0) is 46.7 Å². The number of fused-ring (bicyclic) bond motifs is 2. The molecule has 3 rings (SSSR count). The minimum absolute atomic E-state index is 0.198. The van der Waals surface area contributed by atoms with Gasteiger partial charge in [0, 0.05) is 5.56 Å². The van der Waals surface area contributed by atoms with E-state index < -0.39 is 6.10 Å². The van der Waals surface area contributed by atoms with Crippen molar-refractivity contribution in [1.29, 1.82) is 0 Å². The molecule has 2 aromatic rings. The topological polar surface area (TPSA) is 57.5 Å². The van der Waals surface area contributed by atoms with E-state index in [1.54, 1.807) is 30.3 Å². The standard InChI is InChI=1S/C14H10O3/c15-11-3-1-8-7-12-9(5-10(8)6-11)2-4-13(16)14(12)17/h1-7,13,15-16H. The number of Topliss-reactive ketones (excluding diaryl/α,β-unsaturated/α-hetero) is 1. The van der Waals surface area contributed by atoms with Crippen LogP contribution in [-0.2, 0) is 0 Å². The summed E-state index contributed by atoms with van der Waals surface area (Å²) in [6, 6.07) is 8.57. The largest absolute Gasteiger partial charge is 0.508 e. The SMILES string of the molecule is O=C1c2cc3ccc(O)cc3cc2C=CC1O. The van der Waals surface area contributed by atoms with Crippen LogP contribution in [0.5, 0.6) is 5.75 Å². The lowest BCUT2D eigenvalue weighted by Crippen LogP contribution is -2.21. The Hall–Kier alpha value is -2.13. The summed E-state index contributed by atoms with van der Waals surface area (Å²) in [7, 11) is 0. The van der Waals surface area contributed by atoms with Crippen molar-refractivity contribution in [2.45, 2.75) is 6.10 Å². The smallest absolute Gasteiger partial charge is 0.195 e. The Morgan fingerprint density at radius 2 is 1.88 bits per heavy atom. The number of ketones is 1. The van der Waals surface area contributed by atoms with Gasteiger partial charge < -0.3 is 10.2 Å². The van der Waals surface area contributed by atoms with Crippen LogP contribution in [0.3, 0.4) is 0 Å². The number of phenols is 1. The van der Waals surface area contributed by atoms with Gasteiger partial charge in [0.2, 0.25) is 0 Å². The van der Waals surface area contributed by atoms with Crippen LogP contribution in [0, 0.1) is 0 Å². The lowest BCUT2D eigenvalue weighted by molar-refractivity contribution is 0.0818. The Labute approximate surface area is 97.6 Å². The second-order valence-corrected chi connectivity index (χ2v) is 4.14. The fourth-order valence-corrected chi connectivity index (χ4v) is 2.10. The van der Waals surface area contributed by atoms with Gasteiger partial charge in [-0.2, -0.15) is 0 Å². The molecule has 0 radical (unpaired) electrons. The summed E-state index contributed by atoms with van der Waals surface area (Å²) in [5, 5.41) is 20.6. The molecule has 2 N–H and O–H groups in total. The molecule has 1 aliphatic carbocycles. The molecule has 1 atom stereocenters. The quantitative estimate of drug-likeness (QED) is 0.723. The Bertz CT molecular complexity index is 656. The number of aliphatic hydroxyl groups excluding tert-OH is 1. The highest BCUT2D eigenvalue weighted by molar-refractivity contribution is 6.08. The average molecular weight is 226 g/mol. The molecule has 17 heavy (non-hydrogen) atoms. The Kier molecular flexibility index (Phi) is 2.03. The number of hydrogen-bond donors (Lipinski definition) is 2. The second-order valence-electron chi connectivity index (χ2n) is 4.14. The van der Waals surface area contributed by atoms with Gasteiger partial charge in [0.15, 0.2) is 5.78 Å². The summed E-state index contributed by atoms with van der Waals surface area (Å²) in [5.41, 5.74) is 1.30. The first kappa shape index (κ1) is 10.1. The molecule has 84 valence electrons. The number of benzene rings is 2. The zero-order chi connectivity index (χ0) is 12.0. The number of carbonyl (C=O) groups excluding carboxylic acids is 1. The summed E-state index contributed by atoms with van der Waals surface area (Å²) in [6.45, 7) is 0. The molecular formula is C14H10O3. The van der Waals surface area contributed by atoms with E-state index in [1.807, 2.05) is 6.07 Å². The first-order valence-corrected chi connectivity index (χ1v) is 5.32. The van der Waals surface area contributed by atoms with Crippen LogP contribution in [0.15, 0.2) is 36.4 Å². The van der Waals surface area contributed by atoms with E-state index in [-0.39, 0.29) is 11.5 Å². The van der Waals surface area contributed by atoms with Gasteiger partial charge in [0.1, 0.15) is 11.9 Å². The van der Waals surface area contributed by atoms with Crippen LogP contribution in [0.2, 0.25) is 0 Å². The second kappa shape index (κ2) is 3.43. The fraction of sp³-hybridized carbons (Fsp3) is 0.0714. The summed E-state index contributed by atoms with van der Waals surface area (Å²) in [5.74, 6) is -0.0823. The molecule has 0 bridgehead atoms. The Balaban J connectivity index is 2.31. The Morgan fingerprint density at radius 3 is 2.71 bits per heavy atom. The molecule has 1 unspecified atom stereocenters. The molecule has 2 aromatic carbocycles. The van der Waals surface area contributed by atoms with Gasteiger partial charge in [-0.15, -0.1) is 0 Å². The highest BCUT2D eigenvalue weighted by Gasteiger charge is 2.21. The molecule has 1 aliphatic rings. The van der Waals surface area contributed by atoms with Crippen molar-refractivity contribution in [3.8, 4) is 5.75 Å². The van der Waals surface area contributed by atoms with Crippen LogP contribution >= 0.6 is 0 Å². The van der Waals surface area contributed by atoms with Crippen molar-refractivity contribution < 1.29 is 15.0 Å². The number of rotatable bonds is 0. The van der Waals surface area contributed by atoms with Gasteiger partial charge in [-0.1, -0.05) is 12.1 Å². The van der Waals surface area contributed by atoms with Gasteiger partial charge in [0.05, 0.1) is 0 Å². The zero-order valence-electron chi connectivity index (χ0n) is 8.92. The van der Waals surface area contributed by atoms with Crippen LogP contribution in [-0.4, -0.2) is 22.1 Å². The minimum atomic E-state index is -1.04. The monoisotopic (exact) mass is 226 g/mol. The molecule has 3 nitrogen and oxygen atoms in total. The summed E-state index contributed by atoms with van der Waals surface area (Å²) in [6.07, 6.45) is 2.15. The van der Waals surface area contributed by atoms with Gasteiger partial charge in [-0.3, -0.25) is 4.79 Å². The molecule has 0 amide bonds. The normalized spacial score (nSPS) is 18.4. The molecular weight excluding hydrogens is 216 g/mol. The predicted molar refractivity (Wildman–Crippen MR) is 65.0 cm³/mol. The summed E-state index contributed by atoms with van der Waals surface area (Å²) < 4.78 is 0. The van der Waals surface area contributed by atoms with Crippen molar-refractivity contribution in [3.05, 3.63) is 47.5 Å². The van der Waals surface area contributed by atoms with E-state index in [2.05, 4.69) is 0 Å². The molecule has 0 aromatic heterocycles. The van der Waals surface area contributed by atoms with Crippen LogP contribution in [0.4, 0.5) is 0 Å². The molecule has 0 saturated carbocycles. The van der Waals surface area contributed by atoms with Gasteiger partial charge in [-0.25, -0.2) is 0 Å². The maximum Gasteiger partial charge on any atom is 0.195 e. The maximum absolute atomic E-state index is 11.8. The third-order valence-corrected chi connectivity index (χ3v) is 2.98. The first-order valence-electron chi connectivity index (χ1n) is 5.32. The molecule has 0 spiro atoms. The molecule has 0 aliphatic heterocycles. The van der Waals surface area contributed by atoms with E-state index in [4.69, 9.17) is 0 Å². The number of hydrogen-bond acceptors (Lipinski definition) is 3. The zero-order valence-corrected chi connectivity index (χ0v) is 8.92. The number of aromatic hydroxyl groups is 1. The summed E-state index contributed by atoms with van der Waals surface area (Å²) >= 11 is 0. The molecule has 3 heteroatoms.